The van der Waals surface area contributed by atoms with Crippen LogP contribution in [0.3, 0.4) is 0 Å². The first-order chi connectivity index (χ1) is 10.9. The standard InChI is InChI=1S/C20H28NO2.ClH/c1-16(2)21(3,4)14-19(22)15-23-20-12-8-11-18(13-20)17-9-6-5-7-10-17;/h5-13,16,19,22H,14-15H2,1-4H3;1H/q+1;/p-1. The van der Waals surface area contributed by atoms with Crippen LogP contribution in [0.5, 0.6) is 5.75 Å². The van der Waals surface area contributed by atoms with Gasteiger partial charge in [0.1, 0.15) is 25.0 Å². The number of hydrogen-bond donors (Lipinski definition) is 1. The Balaban J connectivity index is 0.00000288. The molecule has 24 heavy (non-hydrogen) atoms. The van der Waals surface area contributed by atoms with Crippen molar-refractivity contribution >= 4 is 0 Å². The molecular formula is C20H28ClNO2. The second-order valence-electron chi connectivity index (χ2n) is 6.91. The Morgan fingerprint density at radius 3 is 2.21 bits per heavy atom. The number of ether oxygens (including phenoxy) is 1. The molecule has 0 aromatic heterocycles. The van der Waals surface area contributed by atoms with Crippen LogP contribution in [0.25, 0.3) is 11.1 Å². The predicted octanol–water partition coefficient (Wildman–Crippen LogP) is 0.582. The van der Waals surface area contributed by atoms with Crippen LogP contribution in [-0.2, 0) is 0 Å². The average molecular weight is 350 g/mol. The molecule has 132 valence electrons. The molecule has 1 atom stereocenters. The lowest BCUT2D eigenvalue weighted by Crippen LogP contribution is -3.00. The van der Waals surface area contributed by atoms with Crippen molar-refractivity contribution in [2.75, 3.05) is 27.2 Å². The molecule has 0 saturated heterocycles. The maximum absolute atomic E-state index is 10.2. The van der Waals surface area contributed by atoms with Gasteiger partial charge in [0.2, 0.25) is 0 Å². The second kappa shape index (κ2) is 9.07. The molecule has 0 heterocycles. The molecule has 3 nitrogen and oxygen atoms in total. The molecule has 0 spiro atoms. The molecule has 0 bridgehead atoms. The van der Waals surface area contributed by atoms with Crippen LogP contribution >= 0.6 is 0 Å². The Morgan fingerprint density at radius 2 is 1.58 bits per heavy atom. The molecule has 4 heteroatoms. The van der Waals surface area contributed by atoms with Crippen molar-refractivity contribution in [1.29, 1.82) is 0 Å². The summed E-state index contributed by atoms with van der Waals surface area (Å²) >= 11 is 0. The molecule has 0 aliphatic carbocycles. The molecule has 2 aromatic carbocycles. The zero-order chi connectivity index (χ0) is 16.9. The third-order valence-corrected chi connectivity index (χ3v) is 4.46. The zero-order valence-corrected chi connectivity index (χ0v) is 15.7. The molecule has 0 aliphatic heterocycles. The molecule has 0 aliphatic rings. The number of hydrogen-bond acceptors (Lipinski definition) is 2. The highest BCUT2D eigenvalue weighted by atomic mass is 35.5. The van der Waals surface area contributed by atoms with Gasteiger partial charge in [-0.25, -0.2) is 0 Å². The Kier molecular flexibility index (Phi) is 7.74. The molecule has 2 aromatic rings. The first-order valence-electron chi connectivity index (χ1n) is 8.17. The topological polar surface area (TPSA) is 29.5 Å². The predicted molar refractivity (Wildman–Crippen MR) is 95.5 cm³/mol. The highest BCUT2D eigenvalue weighted by Crippen LogP contribution is 2.23. The maximum atomic E-state index is 10.2. The summed E-state index contributed by atoms with van der Waals surface area (Å²) in [7, 11) is 4.26. The lowest BCUT2D eigenvalue weighted by molar-refractivity contribution is -0.914. The number of aliphatic hydroxyl groups is 1. The highest BCUT2D eigenvalue weighted by Gasteiger charge is 2.24. The molecule has 0 fully saturated rings. The summed E-state index contributed by atoms with van der Waals surface area (Å²) in [5.74, 6) is 0.792. The van der Waals surface area contributed by atoms with Gasteiger partial charge in [-0.3, -0.25) is 0 Å². The minimum Gasteiger partial charge on any atom is -1.00 e. The largest absolute Gasteiger partial charge is 1.00 e. The Morgan fingerprint density at radius 1 is 0.958 bits per heavy atom. The van der Waals surface area contributed by atoms with E-state index in [4.69, 9.17) is 4.74 Å². The second-order valence-corrected chi connectivity index (χ2v) is 6.91. The fourth-order valence-corrected chi connectivity index (χ4v) is 2.40. The number of likely N-dealkylation sites (N-methyl/N-ethyl adjacent to an activating group) is 1. The van der Waals surface area contributed by atoms with Crippen molar-refractivity contribution in [3.63, 3.8) is 0 Å². The smallest absolute Gasteiger partial charge is 0.137 e. The van der Waals surface area contributed by atoms with E-state index in [1.165, 1.54) is 0 Å². The lowest BCUT2D eigenvalue weighted by Gasteiger charge is -2.35. The number of quaternary nitrogens is 1. The van der Waals surface area contributed by atoms with E-state index in [-0.39, 0.29) is 12.4 Å². The van der Waals surface area contributed by atoms with E-state index in [9.17, 15) is 5.11 Å². The minimum atomic E-state index is -0.479. The maximum Gasteiger partial charge on any atom is 0.137 e. The summed E-state index contributed by atoms with van der Waals surface area (Å²) < 4.78 is 6.57. The van der Waals surface area contributed by atoms with Gasteiger partial charge in [-0.2, -0.15) is 0 Å². The number of halogens is 1. The van der Waals surface area contributed by atoms with Gasteiger partial charge in [-0.1, -0.05) is 42.5 Å². The van der Waals surface area contributed by atoms with Crippen LogP contribution in [0.1, 0.15) is 13.8 Å². The first-order valence-corrected chi connectivity index (χ1v) is 8.17. The first kappa shape index (κ1) is 20.5. The van der Waals surface area contributed by atoms with Crippen molar-refractivity contribution in [1.82, 2.24) is 0 Å². The Labute approximate surface area is 151 Å². The molecule has 0 saturated carbocycles. The third-order valence-electron chi connectivity index (χ3n) is 4.46. The third kappa shape index (κ3) is 5.82. The van der Waals surface area contributed by atoms with Crippen LogP contribution in [-0.4, -0.2) is 49.0 Å². The van der Waals surface area contributed by atoms with E-state index < -0.39 is 6.10 Å². The fraction of sp³-hybridized carbons (Fsp3) is 0.400. The van der Waals surface area contributed by atoms with Gasteiger partial charge in [0.05, 0.1) is 20.1 Å². The summed E-state index contributed by atoms with van der Waals surface area (Å²) in [6.07, 6.45) is -0.479. The minimum absolute atomic E-state index is 0. The van der Waals surface area contributed by atoms with Gasteiger partial charge in [0.15, 0.2) is 0 Å². The monoisotopic (exact) mass is 349 g/mol. The van der Waals surface area contributed by atoms with Crippen molar-refractivity contribution in [2.45, 2.75) is 26.0 Å². The van der Waals surface area contributed by atoms with E-state index in [2.05, 4.69) is 46.1 Å². The van der Waals surface area contributed by atoms with Gasteiger partial charge in [-0.15, -0.1) is 0 Å². The van der Waals surface area contributed by atoms with Crippen molar-refractivity contribution in [3.8, 4) is 16.9 Å². The number of nitrogens with zero attached hydrogens (tertiary/aromatic N) is 1. The molecular weight excluding hydrogens is 322 g/mol. The van der Waals surface area contributed by atoms with E-state index >= 15 is 0 Å². The van der Waals surface area contributed by atoms with Crippen LogP contribution in [0.4, 0.5) is 0 Å². The van der Waals surface area contributed by atoms with Crippen LogP contribution in [0.2, 0.25) is 0 Å². The van der Waals surface area contributed by atoms with Crippen molar-refractivity contribution in [2.24, 2.45) is 0 Å². The number of rotatable bonds is 7. The van der Waals surface area contributed by atoms with E-state index in [0.717, 1.165) is 21.4 Å². The van der Waals surface area contributed by atoms with Gasteiger partial charge in [-0.05, 0) is 37.1 Å². The lowest BCUT2D eigenvalue weighted by atomic mass is 10.1. The number of aliphatic hydroxyl groups excluding tert-OH is 1. The van der Waals surface area contributed by atoms with E-state index in [0.29, 0.717) is 19.2 Å². The van der Waals surface area contributed by atoms with Crippen molar-refractivity contribution < 1.29 is 26.7 Å². The summed E-state index contributed by atoms with van der Waals surface area (Å²) in [5, 5.41) is 10.2. The molecule has 1 unspecified atom stereocenters. The summed E-state index contributed by atoms with van der Waals surface area (Å²) in [4.78, 5) is 0. The number of benzene rings is 2. The molecule has 2 rings (SSSR count). The fourth-order valence-electron chi connectivity index (χ4n) is 2.40. The SMILES string of the molecule is CC(C)[N+](C)(C)CC(O)COc1cccc(-c2ccccc2)c1.[Cl-]. The van der Waals surface area contributed by atoms with Gasteiger partial charge in [0.25, 0.3) is 0 Å². The van der Waals surface area contributed by atoms with Gasteiger partial charge < -0.3 is 26.7 Å². The molecule has 0 radical (unpaired) electrons. The summed E-state index contributed by atoms with van der Waals surface area (Å²) in [6.45, 7) is 5.32. The quantitative estimate of drug-likeness (QED) is 0.741. The van der Waals surface area contributed by atoms with E-state index in [1.807, 2.05) is 36.4 Å². The Hall–Kier alpha value is -1.55. The highest BCUT2D eigenvalue weighted by molar-refractivity contribution is 5.64. The molecule has 0 amide bonds. The normalized spacial score (nSPS) is 12.6. The summed E-state index contributed by atoms with van der Waals surface area (Å²) in [6, 6.07) is 18.7. The average Bonchev–Trinajstić information content (AvgIpc) is 2.53. The Bertz CT molecular complexity index is 614. The van der Waals surface area contributed by atoms with Crippen LogP contribution < -0.4 is 17.1 Å². The summed E-state index contributed by atoms with van der Waals surface area (Å²) in [5.41, 5.74) is 2.28. The molecule has 1 N–H and O–H groups in total. The van der Waals surface area contributed by atoms with Crippen molar-refractivity contribution in [3.05, 3.63) is 54.6 Å². The van der Waals surface area contributed by atoms with Gasteiger partial charge >= 0.3 is 0 Å². The van der Waals surface area contributed by atoms with E-state index in [1.54, 1.807) is 0 Å². The van der Waals surface area contributed by atoms with Crippen LogP contribution in [0, 0.1) is 0 Å². The zero-order valence-electron chi connectivity index (χ0n) is 14.9. The van der Waals surface area contributed by atoms with Gasteiger partial charge in [0, 0.05) is 0 Å². The van der Waals surface area contributed by atoms with Crippen LogP contribution in [0.15, 0.2) is 54.6 Å².